The second-order valence-electron chi connectivity index (χ2n) is 3.53. The van der Waals surface area contributed by atoms with Crippen molar-refractivity contribution in [2.24, 2.45) is 0 Å². The van der Waals surface area contributed by atoms with E-state index in [1.54, 1.807) is 23.8 Å². The zero-order valence-corrected chi connectivity index (χ0v) is 9.41. The van der Waals surface area contributed by atoms with Crippen LogP contribution in [0.4, 0.5) is 0 Å². The second-order valence-corrected chi connectivity index (χ2v) is 4.31. The summed E-state index contributed by atoms with van der Waals surface area (Å²) in [6.07, 6.45) is 0. The van der Waals surface area contributed by atoms with E-state index in [0.29, 0.717) is 5.56 Å². The maximum absolute atomic E-state index is 12.0. The molecule has 0 radical (unpaired) electrons. The molecule has 1 atom stereocenters. The fraction of sp³-hybridized carbons (Fsp3) is 0.300. The summed E-state index contributed by atoms with van der Waals surface area (Å²) in [7, 11) is 0. The van der Waals surface area contributed by atoms with Crippen molar-refractivity contribution in [3.05, 3.63) is 22.4 Å². The number of hydrogen-bond donors (Lipinski definition) is 1. The lowest BCUT2D eigenvalue weighted by atomic mass is 10.1. The average molecular weight is 238 g/mol. The van der Waals surface area contributed by atoms with E-state index < -0.39 is 17.9 Å². The summed E-state index contributed by atoms with van der Waals surface area (Å²) in [5.41, 5.74) is 0.513. The van der Waals surface area contributed by atoms with Crippen LogP contribution in [0.15, 0.2) is 16.8 Å². The Kier molecular flexibility index (Phi) is 2.74. The van der Waals surface area contributed by atoms with Crippen LogP contribution in [-0.4, -0.2) is 35.2 Å². The Morgan fingerprint density at radius 1 is 1.56 bits per heavy atom. The molecule has 0 saturated carbocycles. The number of piperazine rings is 1. The molecule has 0 spiro atoms. The Morgan fingerprint density at radius 3 is 2.94 bits per heavy atom. The van der Waals surface area contributed by atoms with E-state index in [2.05, 4.69) is 5.32 Å². The first kappa shape index (κ1) is 10.8. The van der Waals surface area contributed by atoms with Crippen molar-refractivity contribution < 1.29 is 14.4 Å². The molecule has 2 heterocycles. The van der Waals surface area contributed by atoms with E-state index in [-0.39, 0.29) is 12.5 Å². The molecule has 0 aliphatic carbocycles. The summed E-state index contributed by atoms with van der Waals surface area (Å²) >= 11 is 1.40. The SMILES string of the molecule is CC1C(=O)NC(=O)CN1C(=O)c1ccsc1. The molecule has 2 rings (SSSR count). The van der Waals surface area contributed by atoms with Crippen LogP contribution in [-0.2, 0) is 9.59 Å². The lowest BCUT2D eigenvalue weighted by molar-refractivity contribution is -0.138. The molecule has 6 heteroatoms. The minimum atomic E-state index is -0.606. The van der Waals surface area contributed by atoms with Gasteiger partial charge in [0.05, 0.1) is 5.56 Å². The minimum Gasteiger partial charge on any atom is -0.318 e. The largest absolute Gasteiger partial charge is 0.318 e. The van der Waals surface area contributed by atoms with Crippen molar-refractivity contribution in [2.45, 2.75) is 13.0 Å². The molecule has 1 unspecified atom stereocenters. The van der Waals surface area contributed by atoms with Crippen LogP contribution in [0.2, 0.25) is 0 Å². The molecule has 16 heavy (non-hydrogen) atoms. The number of hydrogen-bond acceptors (Lipinski definition) is 4. The van der Waals surface area contributed by atoms with Gasteiger partial charge in [-0.25, -0.2) is 0 Å². The summed E-state index contributed by atoms with van der Waals surface area (Å²) in [6.45, 7) is 1.54. The van der Waals surface area contributed by atoms with Gasteiger partial charge < -0.3 is 4.90 Å². The van der Waals surface area contributed by atoms with Gasteiger partial charge >= 0.3 is 0 Å². The summed E-state index contributed by atoms with van der Waals surface area (Å²) in [5, 5.41) is 5.67. The number of imide groups is 1. The highest BCUT2D eigenvalue weighted by atomic mass is 32.1. The summed E-state index contributed by atoms with van der Waals surface area (Å²) < 4.78 is 0. The van der Waals surface area contributed by atoms with Gasteiger partial charge in [0, 0.05) is 5.38 Å². The zero-order chi connectivity index (χ0) is 11.7. The molecule has 84 valence electrons. The van der Waals surface area contributed by atoms with Gasteiger partial charge in [0.15, 0.2) is 0 Å². The van der Waals surface area contributed by atoms with Crippen LogP contribution in [0.1, 0.15) is 17.3 Å². The van der Waals surface area contributed by atoms with Crippen LogP contribution in [0.5, 0.6) is 0 Å². The van der Waals surface area contributed by atoms with Crippen molar-refractivity contribution in [1.82, 2.24) is 10.2 Å². The molecule has 1 aliphatic heterocycles. The molecule has 3 amide bonds. The highest BCUT2D eigenvalue weighted by molar-refractivity contribution is 7.08. The number of thiophene rings is 1. The van der Waals surface area contributed by atoms with Crippen molar-refractivity contribution in [3.8, 4) is 0 Å². The first-order valence-corrected chi connectivity index (χ1v) is 5.70. The predicted molar refractivity (Wildman–Crippen MR) is 58.0 cm³/mol. The monoisotopic (exact) mass is 238 g/mol. The minimum absolute atomic E-state index is 0.0679. The van der Waals surface area contributed by atoms with Gasteiger partial charge in [-0.2, -0.15) is 11.3 Å². The van der Waals surface area contributed by atoms with E-state index in [9.17, 15) is 14.4 Å². The molecular weight excluding hydrogens is 228 g/mol. The van der Waals surface area contributed by atoms with E-state index in [1.807, 2.05) is 0 Å². The predicted octanol–water partition coefficient (Wildman–Crippen LogP) is 0.235. The summed E-state index contributed by atoms with van der Waals surface area (Å²) in [6, 6.07) is 1.07. The Bertz CT molecular complexity index is 441. The molecule has 1 fully saturated rings. The van der Waals surface area contributed by atoms with Crippen molar-refractivity contribution in [2.75, 3.05) is 6.54 Å². The van der Waals surface area contributed by atoms with E-state index >= 15 is 0 Å². The third-order valence-corrected chi connectivity index (χ3v) is 3.14. The second kappa shape index (κ2) is 4.05. The van der Waals surface area contributed by atoms with Crippen LogP contribution >= 0.6 is 11.3 Å². The van der Waals surface area contributed by atoms with E-state index in [1.165, 1.54) is 16.2 Å². The molecule has 1 saturated heterocycles. The topological polar surface area (TPSA) is 66.5 Å². The number of nitrogens with zero attached hydrogens (tertiary/aromatic N) is 1. The van der Waals surface area contributed by atoms with Crippen LogP contribution in [0.3, 0.4) is 0 Å². The fourth-order valence-corrected chi connectivity index (χ4v) is 2.14. The number of amides is 3. The standard InChI is InChI=1S/C10H10N2O3S/c1-6-9(14)11-8(13)4-12(6)10(15)7-2-3-16-5-7/h2-3,5-6H,4H2,1H3,(H,11,13,14). The zero-order valence-electron chi connectivity index (χ0n) is 8.60. The van der Waals surface area contributed by atoms with Crippen molar-refractivity contribution in [1.29, 1.82) is 0 Å². The molecule has 1 aliphatic rings. The van der Waals surface area contributed by atoms with Gasteiger partial charge in [0.25, 0.3) is 5.91 Å². The average Bonchev–Trinajstić information content (AvgIpc) is 2.75. The fourth-order valence-electron chi connectivity index (χ4n) is 1.51. The maximum Gasteiger partial charge on any atom is 0.255 e. The number of rotatable bonds is 1. The molecule has 5 nitrogen and oxygen atoms in total. The van der Waals surface area contributed by atoms with Crippen LogP contribution in [0.25, 0.3) is 0 Å². The molecule has 0 aromatic carbocycles. The Morgan fingerprint density at radius 2 is 2.31 bits per heavy atom. The maximum atomic E-state index is 12.0. The third kappa shape index (κ3) is 1.83. The molecular formula is C10H10N2O3S. The Labute approximate surface area is 96.0 Å². The van der Waals surface area contributed by atoms with E-state index in [4.69, 9.17) is 0 Å². The van der Waals surface area contributed by atoms with Crippen molar-refractivity contribution in [3.63, 3.8) is 0 Å². The molecule has 1 aromatic heterocycles. The molecule has 1 N–H and O–H groups in total. The Hall–Kier alpha value is -1.69. The molecule has 0 bridgehead atoms. The smallest absolute Gasteiger partial charge is 0.255 e. The normalized spacial score (nSPS) is 20.8. The van der Waals surface area contributed by atoms with Crippen molar-refractivity contribution >= 4 is 29.1 Å². The number of nitrogens with one attached hydrogen (secondary N) is 1. The van der Waals surface area contributed by atoms with E-state index in [0.717, 1.165) is 0 Å². The Balaban J connectivity index is 2.23. The lowest BCUT2D eigenvalue weighted by Gasteiger charge is -2.31. The van der Waals surface area contributed by atoms with Crippen LogP contribution < -0.4 is 5.32 Å². The lowest BCUT2D eigenvalue weighted by Crippen LogP contribution is -2.58. The number of carbonyl (C=O) groups is 3. The van der Waals surface area contributed by atoms with Gasteiger partial charge in [-0.15, -0.1) is 0 Å². The van der Waals surface area contributed by atoms with Gasteiger partial charge in [-0.3, -0.25) is 19.7 Å². The number of carbonyl (C=O) groups excluding carboxylic acids is 3. The van der Waals surface area contributed by atoms with Gasteiger partial charge in [-0.1, -0.05) is 0 Å². The highest BCUT2D eigenvalue weighted by Gasteiger charge is 2.33. The first-order chi connectivity index (χ1) is 7.59. The van der Waals surface area contributed by atoms with Gasteiger partial charge in [0.2, 0.25) is 11.8 Å². The summed E-state index contributed by atoms with van der Waals surface area (Å²) in [5.74, 6) is -1.15. The molecule has 1 aromatic rings. The van der Waals surface area contributed by atoms with Gasteiger partial charge in [-0.05, 0) is 18.4 Å². The third-order valence-electron chi connectivity index (χ3n) is 2.45. The first-order valence-electron chi connectivity index (χ1n) is 4.76. The highest BCUT2D eigenvalue weighted by Crippen LogP contribution is 2.13. The van der Waals surface area contributed by atoms with Crippen LogP contribution in [0, 0.1) is 0 Å². The summed E-state index contributed by atoms with van der Waals surface area (Å²) in [4.78, 5) is 35.8. The van der Waals surface area contributed by atoms with Gasteiger partial charge in [0.1, 0.15) is 12.6 Å². The quantitative estimate of drug-likeness (QED) is 0.712.